The van der Waals surface area contributed by atoms with Gasteiger partial charge >= 0.3 is 0 Å². The highest BCUT2D eigenvalue weighted by atomic mass is 19.1. The lowest BCUT2D eigenvalue weighted by Gasteiger charge is -2.25. The molecule has 1 aromatic heterocycles. The summed E-state index contributed by atoms with van der Waals surface area (Å²) in [5.41, 5.74) is 0.792. The van der Waals surface area contributed by atoms with Crippen LogP contribution in [0.3, 0.4) is 0 Å². The largest absolute Gasteiger partial charge is 0.353 e. The highest BCUT2D eigenvalue weighted by Gasteiger charge is 2.40. The average Bonchev–Trinajstić information content (AvgIpc) is 3.19. The van der Waals surface area contributed by atoms with Crippen LogP contribution in [0.5, 0.6) is 0 Å². The van der Waals surface area contributed by atoms with Gasteiger partial charge in [0.15, 0.2) is 5.96 Å². The molecule has 2 aliphatic rings. The maximum Gasteiger partial charge on any atom is 0.191 e. The van der Waals surface area contributed by atoms with Crippen LogP contribution in [0.4, 0.5) is 4.39 Å². The first-order chi connectivity index (χ1) is 12.2. The molecule has 1 aromatic carbocycles. The maximum absolute atomic E-state index is 13.9. The molecule has 132 valence electrons. The molecule has 2 heterocycles. The first-order valence-electron chi connectivity index (χ1n) is 8.93. The minimum atomic E-state index is -0.121. The van der Waals surface area contributed by atoms with Crippen LogP contribution in [0.25, 0.3) is 0 Å². The van der Waals surface area contributed by atoms with Crippen molar-refractivity contribution in [1.29, 1.82) is 0 Å². The molecule has 0 radical (unpaired) electrons. The van der Waals surface area contributed by atoms with Crippen molar-refractivity contribution in [2.24, 2.45) is 4.99 Å². The van der Waals surface area contributed by atoms with Gasteiger partial charge in [0.05, 0.1) is 6.54 Å². The number of aromatic nitrogens is 3. The normalized spacial score (nSPS) is 25.4. The monoisotopic (exact) mass is 342 g/mol. The third-order valence-corrected chi connectivity index (χ3v) is 4.88. The number of aryl methyl sites for hydroxylation is 1. The Morgan fingerprint density at radius 1 is 1.36 bits per heavy atom. The van der Waals surface area contributed by atoms with Gasteiger partial charge in [0.2, 0.25) is 0 Å². The fourth-order valence-electron chi connectivity index (χ4n) is 3.49. The Bertz CT molecular complexity index is 770. The quantitative estimate of drug-likeness (QED) is 0.657. The number of fused-ring (bicyclic) bond motifs is 1. The molecule has 0 spiro atoms. The summed E-state index contributed by atoms with van der Waals surface area (Å²) in [5, 5.41) is 11.2. The van der Waals surface area contributed by atoms with Crippen LogP contribution in [0, 0.1) is 5.82 Å². The van der Waals surface area contributed by atoms with E-state index in [2.05, 4.69) is 25.7 Å². The van der Waals surface area contributed by atoms with Gasteiger partial charge in [0.1, 0.15) is 18.0 Å². The second-order valence-electron chi connectivity index (χ2n) is 6.68. The molecule has 2 aromatic rings. The van der Waals surface area contributed by atoms with Gasteiger partial charge in [0, 0.05) is 31.0 Å². The molecule has 2 N–H and O–H groups in total. The minimum absolute atomic E-state index is 0.121. The summed E-state index contributed by atoms with van der Waals surface area (Å²) in [4.78, 5) is 8.81. The lowest BCUT2D eigenvalue weighted by molar-refractivity contribution is 0.392. The SMILES string of the molecule is CCN=C(NC1CCc2ncnn2C1)NC1CC1c1ccccc1F. The molecule has 1 aliphatic heterocycles. The zero-order valence-corrected chi connectivity index (χ0v) is 14.3. The van der Waals surface area contributed by atoms with Crippen molar-refractivity contribution in [3.8, 4) is 0 Å². The van der Waals surface area contributed by atoms with E-state index >= 15 is 0 Å². The van der Waals surface area contributed by atoms with E-state index in [0.29, 0.717) is 6.54 Å². The Balaban J connectivity index is 1.37. The smallest absolute Gasteiger partial charge is 0.191 e. The predicted octanol–water partition coefficient (Wildman–Crippen LogP) is 1.84. The Hall–Kier alpha value is -2.44. The maximum atomic E-state index is 13.9. The number of benzene rings is 1. The summed E-state index contributed by atoms with van der Waals surface area (Å²) in [6, 6.07) is 7.54. The van der Waals surface area contributed by atoms with Gasteiger partial charge in [-0.15, -0.1) is 0 Å². The lowest BCUT2D eigenvalue weighted by Crippen LogP contribution is -2.48. The summed E-state index contributed by atoms with van der Waals surface area (Å²) < 4.78 is 15.9. The molecule has 25 heavy (non-hydrogen) atoms. The number of aliphatic imine (C=N–C) groups is 1. The first-order valence-corrected chi connectivity index (χ1v) is 8.93. The highest BCUT2D eigenvalue weighted by Crippen LogP contribution is 2.41. The molecule has 3 unspecified atom stereocenters. The number of hydrogen-bond acceptors (Lipinski definition) is 3. The predicted molar refractivity (Wildman–Crippen MR) is 93.9 cm³/mol. The van der Waals surface area contributed by atoms with Crippen LogP contribution in [-0.2, 0) is 13.0 Å². The first kappa shape index (κ1) is 16.1. The van der Waals surface area contributed by atoms with Crippen LogP contribution >= 0.6 is 0 Å². The number of guanidine groups is 1. The third kappa shape index (κ3) is 3.50. The molecule has 0 saturated heterocycles. The molecule has 7 heteroatoms. The van der Waals surface area contributed by atoms with Gasteiger partial charge in [-0.05, 0) is 31.4 Å². The molecule has 0 bridgehead atoms. The standard InChI is InChI=1S/C18H23FN6/c1-2-20-18(23-12-7-8-17-21-11-22-25(17)10-12)24-16-9-14(16)13-5-3-4-6-15(13)19/h3-6,11-12,14,16H,2,7-10H2,1H3,(H2,20,23,24). The molecule has 6 nitrogen and oxygen atoms in total. The van der Waals surface area contributed by atoms with Gasteiger partial charge in [-0.3, -0.25) is 4.99 Å². The van der Waals surface area contributed by atoms with Crippen LogP contribution in [0.2, 0.25) is 0 Å². The van der Waals surface area contributed by atoms with E-state index in [1.165, 1.54) is 6.07 Å². The second-order valence-corrected chi connectivity index (χ2v) is 6.68. The zero-order chi connectivity index (χ0) is 17.2. The van der Waals surface area contributed by atoms with Crippen molar-refractivity contribution in [2.75, 3.05) is 6.54 Å². The number of rotatable bonds is 4. The number of halogens is 1. The summed E-state index contributed by atoms with van der Waals surface area (Å²) in [6.07, 6.45) is 4.46. The van der Waals surface area contributed by atoms with Crippen LogP contribution in [0.1, 0.15) is 37.1 Å². The number of nitrogens with one attached hydrogen (secondary N) is 2. The van der Waals surface area contributed by atoms with Gasteiger partial charge < -0.3 is 10.6 Å². The van der Waals surface area contributed by atoms with E-state index in [4.69, 9.17) is 0 Å². The van der Waals surface area contributed by atoms with E-state index in [1.54, 1.807) is 12.4 Å². The van der Waals surface area contributed by atoms with Crippen LogP contribution < -0.4 is 10.6 Å². The van der Waals surface area contributed by atoms with E-state index < -0.39 is 0 Å². The van der Waals surface area contributed by atoms with Crippen molar-refractivity contribution in [2.45, 2.75) is 50.7 Å². The Kier molecular flexibility index (Phi) is 4.38. The van der Waals surface area contributed by atoms with Gasteiger partial charge in [-0.25, -0.2) is 14.1 Å². The molecule has 1 fully saturated rings. The Labute approximate surface area is 146 Å². The van der Waals surface area contributed by atoms with Crippen molar-refractivity contribution < 1.29 is 4.39 Å². The Morgan fingerprint density at radius 3 is 3.08 bits per heavy atom. The third-order valence-electron chi connectivity index (χ3n) is 4.88. The van der Waals surface area contributed by atoms with E-state index in [1.807, 2.05) is 23.7 Å². The fraction of sp³-hybridized carbons (Fsp3) is 0.500. The number of hydrogen-bond donors (Lipinski definition) is 2. The average molecular weight is 342 g/mol. The molecular formula is C18H23FN6. The van der Waals surface area contributed by atoms with E-state index in [0.717, 1.165) is 43.2 Å². The van der Waals surface area contributed by atoms with Gasteiger partial charge in [-0.2, -0.15) is 5.10 Å². The second kappa shape index (κ2) is 6.82. The molecular weight excluding hydrogens is 319 g/mol. The van der Waals surface area contributed by atoms with Crippen molar-refractivity contribution >= 4 is 5.96 Å². The van der Waals surface area contributed by atoms with E-state index in [-0.39, 0.29) is 23.8 Å². The molecule has 4 rings (SSSR count). The summed E-state index contributed by atoms with van der Waals surface area (Å²) in [5.74, 6) is 1.95. The summed E-state index contributed by atoms with van der Waals surface area (Å²) in [6.45, 7) is 3.51. The van der Waals surface area contributed by atoms with Gasteiger partial charge in [0.25, 0.3) is 0 Å². The van der Waals surface area contributed by atoms with Crippen LogP contribution in [0.15, 0.2) is 35.6 Å². The number of nitrogens with zero attached hydrogens (tertiary/aromatic N) is 4. The zero-order valence-electron chi connectivity index (χ0n) is 14.3. The van der Waals surface area contributed by atoms with Crippen molar-refractivity contribution in [3.63, 3.8) is 0 Å². The van der Waals surface area contributed by atoms with Crippen molar-refractivity contribution in [3.05, 3.63) is 47.8 Å². The molecule has 1 aliphatic carbocycles. The molecule has 3 atom stereocenters. The van der Waals surface area contributed by atoms with Crippen LogP contribution in [-0.4, -0.2) is 39.4 Å². The molecule has 1 saturated carbocycles. The van der Waals surface area contributed by atoms with E-state index in [9.17, 15) is 4.39 Å². The minimum Gasteiger partial charge on any atom is -0.353 e. The van der Waals surface area contributed by atoms with Crippen molar-refractivity contribution in [1.82, 2.24) is 25.4 Å². The summed E-state index contributed by atoms with van der Waals surface area (Å²) >= 11 is 0. The topological polar surface area (TPSA) is 67.1 Å². The lowest BCUT2D eigenvalue weighted by atomic mass is 10.1. The van der Waals surface area contributed by atoms with Gasteiger partial charge in [-0.1, -0.05) is 18.2 Å². The highest BCUT2D eigenvalue weighted by molar-refractivity contribution is 5.81. The summed E-state index contributed by atoms with van der Waals surface area (Å²) in [7, 11) is 0. The fourth-order valence-corrected chi connectivity index (χ4v) is 3.49. The Morgan fingerprint density at radius 2 is 2.24 bits per heavy atom. The molecule has 0 amide bonds.